The molecule has 2 aromatic rings. The van der Waals surface area contributed by atoms with Crippen molar-refractivity contribution in [3.63, 3.8) is 0 Å². The maximum Gasteiger partial charge on any atom is 0.295 e. The number of anilines is 1. The number of nitrogens with one attached hydrogen (secondary N) is 1. The fourth-order valence-corrected chi connectivity index (χ4v) is 3.59. The monoisotopic (exact) mass is 292 g/mol. The summed E-state index contributed by atoms with van der Waals surface area (Å²) >= 11 is 1.72. The number of thiophene rings is 1. The van der Waals surface area contributed by atoms with Crippen molar-refractivity contribution in [1.82, 2.24) is 0 Å². The first-order chi connectivity index (χ1) is 9.65. The van der Waals surface area contributed by atoms with E-state index in [2.05, 4.69) is 11.4 Å². The minimum absolute atomic E-state index is 0.0640. The molecule has 1 N–H and O–H groups in total. The van der Waals surface area contributed by atoms with Crippen molar-refractivity contribution < 1.29 is 9.31 Å². The van der Waals surface area contributed by atoms with Crippen LogP contribution in [-0.4, -0.2) is 4.92 Å². The number of fused-ring (bicyclic) bond motifs is 1. The summed E-state index contributed by atoms with van der Waals surface area (Å²) in [7, 11) is 0. The number of nitro benzene ring substituents is 1. The molecule has 0 amide bonds. The Morgan fingerprint density at radius 3 is 3.05 bits per heavy atom. The molecular formula is C14H13FN2O2S. The second-order valence-electron chi connectivity index (χ2n) is 4.81. The zero-order valence-corrected chi connectivity index (χ0v) is 11.5. The van der Waals surface area contributed by atoms with E-state index in [1.54, 1.807) is 11.3 Å². The zero-order valence-electron chi connectivity index (χ0n) is 10.6. The van der Waals surface area contributed by atoms with E-state index in [-0.39, 0.29) is 11.7 Å². The van der Waals surface area contributed by atoms with Gasteiger partial charge in [0.2, 0.25) is 0 Å². The molecule has 1 aromatic carbocycles. The standard InChI is InChI=1S/C14H13FN2O2S/c15-9-4-5-12(13(8-9)17(18)19)16-11-2-1-3-14-10(11)6-7-20-14/h4-8,11,16H,1-3H2. The van der Waals surface area contributed by atoms with Crippen LogP contribution in [0, 0.1) is 15.9 Å². The van der Waals surface area contributed by atoms with Crippen molar-refractivity contribution in [1.29, 1.82) is 0 Å². The van der Waals surface area contributed by atoms with Gasteiger partial charge >= 0.3 is 0 Å². The van der Waals surface area contributed by atoms with Crippen LogP contribution in [0.2, 0.25) is 0 Å². The van der Waals surface area contributed by atoms with E-state index < -0.39 is 10.7 Å². The third kappa shape index (κ3) is 2.38. The Balaban J connectivity index is 1.92. The van der Waals surface area contributed by atoms with Gasteiger partial charge in [0, 0.05) is 4.88 Å². The highest BCUT2D eigenvalue weighted by Crippen LogP contribution is 2.37. The lowest BCUT2D eigenvalue weighted by Crippen LogP contribution is -2.16. The Morgan fingerprint density at radius 2 is 2.25 bits per heavy atom. The van der Waals surface area contributed by atoms with Crippen LogP contribution in [-0.2, 0) is 6.42 Å². The van der Waals surface area contributed by atoms with E-state index in [4.69, 9.17) is 0 Å². The minimum atomic E-state index is -0.595. The van der Waals surface area contributed by atoms with Gasteiger partial charge in [0.05, 0.1) is 17.0 Å². The van der Waals surface area contributed by atoms with Crippen LogP contribution in [0.25, 0.3) is 0 Å². The van der Waals surface area contributed by atoms with E-state index in [1.165, 1.54) is 22.6 Å². The van der Waals surface area contributed by atoms with Gasteiger partial charge in [0.25, 0.3) is 5.69 Å². The first kappa shape index (κ1) is 13.1. The Labute approximate surface area is 119 Å². The van der Waals surface area contributed by atoms with Crippen molar-refractivity contribution >= 4 is 22.7 Å². The molecule has 1 aromatic heterocycles. The Bertz CT molecular complexity index is 656. The van der Waals surface area contributed by atoms with Crippen LogP contribution in [0.5, 0.6) is 0 Å². The Kier molecular flexibility index (Phi) is 3.40. The summed E-state index contributed by atoms with van der Waals surface area (Å²) in [4.78, 5) is 11.8. The minimum Gasteiger partial charge on any atom is -0.373 e. The summed E-state index contributed by atoms with van der Waals surface area (Å²) in [5.41, 5.74) is 1.37. The fourth-order valence-electron chi connectivity index (χ4n) is 2.60. The summed E-state index contributed by atoms with van der Waals surface area (Å²) in [5, 5.41) is 16.3. The normalized spacial score (nSPS) is 17.6. The van der Waals surface area contributed by atoms with Crippen molar-refractivity contribution in [3.8, 4) is 0 Å². The number of hydrogen-bond donors (Lipinski definition) is 1. The van der Waals surface area contributed by atoms with Crippen molar-refractivity contribution in [2.45, 2.75) is 25.3 Å². The smallest absolute Gasteiger partial charge is 0.295 e. The number of halogens is 1. The second kappa shape index (κ2) is 5.20. The van der Waals surface area contributed by atoms with Crippen molar-refractivity contribution in [3.05, 3.63) is 56.0 Å². The predicted octanol–water partition coefficient (Wildman–Crippen LogP) is 4.28. The maximum atomic E-state index is 13.1. The van der Waals surface area contributed by atoms with E-state index in [0.717, 1.165) is 25.3 Å². The van der Waals surface area contributed by atoms with E-state index in [9.17, 15) is 14.5 Å². The maximum absolute atomic E-state index is 13.1. The predicted molar refractivity (Wildman–Crippen MR) is 76.7 cm³/mol. The summed E-state index contributed by atoms with van der Waals surface area (Å²) in [6.45, 7) is 0. The lowest BCUT2D eigenvalue weighted by Gasteiger charge is -2.24. The summed E-state index contributed by atoms with van der Waals surface area (Å²) in [6, 6.07) is 5.77. The van der Waals surface area contributed by atoms with Crippen LogP contribution in [0.1, 0.15) is 29.3 Å². The highest BCUT2D eigenvalue weighted by atomic mass is 32.1. The quantitative estimate of drug-likeness (QED) is 0.678. The third-order valence-electron chi connectivity index (χ3n) is 3.54. The number of nitro groups is 1. The Morgan fingerprint density at radius 1 is 1.40 bits per heavy atom. The summed E-state index contributed by atoms with van der Waals surface area (Å²) in [6.07, 6.45) is 3.05. The summed E-state index contributed by atoms with van der Waals surface area (Å²) < 4.78 is 13.1. The summed E-state index contributed by atoms with van der Waals surface area (Å²) in [5.74, 6) is -0.595. The number of benzene rings is 1. The number of rotatable bonds is 3. The number of nitrogens with zero attached hydrogens (tertiary/aromatic N) is 1. The molecule has 0 radical (unpaired) electrons. The van der Waals surface area contributed by atoms with Crippen LogP contribution >= 0.6 is 11.3 Å². The van der Waals surface area contributed by atoms with Gasteiger partial charge in [-0.25, -0.2) is 4.39 Å². The molecule has 0 aliphatic heterocycles. The largest absolute Gasteiger partial charge is 0.373 e. The molecule has 0 saturated carbocycles. The fraction of sp³-hybridized carbons (Fsp3) is 0.286. The van der Waals surface area contributed by atoms with Crippen molar-refractivity contribution in [2.24, 2.45) is 0 Å². The Hall–Kier alpha value is -1.95. The third-order valence-corrected chi connectivity index (χ3v) is 4.53. The average Bonchev–Trinajstić information content (AvgIpc) is 2.90. The molecule has 20 heavy (non-hydrogen) atoms. The van der Waals surface area contributed by atoms with Gasteiger partial charge in [-0.1, -0.05) is 0 Å². The highest BCUT2D eigenvalue weighted by molar-refractivity contribution is 7.10. The van der Waals surface area contributed by atoms with Gasteiger partial charge in [-0.15, -0.1) is 11.3 Å². The van der Waals surface area contributed by atoms with Gasteiger partial charge in [-0.3, -0.25) is 10.1 Å². The molecule has 0 fully saturated rings. The van der Waals surface area contributed by atoms with Crippen LogP contribution in [0.15, 0.2) is 29.6 Å². The first-order valence-electron chi connectivity index (χ1n) is 6.42. The van der Waals surface area contributed by atoms with E-state index in [1.807, 2.05) is 5.38 Å². The van der Waals surface area contributed by atoms with Crippen LogP contribution < -0.4 is 5.32 Å². The molecule has 1 heterocycles. The van der Waals surface area contributed by atoms with E-state index >= 15 is 0 Å². The lowest BCUT2D eigenvalue weighted by atomic mass is 9.94. The molecule has 0 bridgehead atoms. The number of hydrogen-bond acceptors (Lipinski definition) is 4. The molecule has 1 unspecified atom stereocenters. The van der Waals surface area contributed by atoms with Gasteiger partial charge in [0.15, 0.2) is 0 Å². The molecule has 104 valence electrons. The van der Waals surface area contributed by atoms with Crippen LogP contribution in [0.3, 0.4) is 0 Å². The number of aryl methyl sites for hydroxylation is 1. The highest BCUT2D eigenvalue weighted by Gasteiger charge is 2.24. The molecular weight excluding hydrogens is 279 g/mol. The second-order valence-corrected chi connectivity index (χ2v) is 5.81. The topological polar surface area (TPSA) is 55.2 Å². The molecule has 0 spiro atoms. The van der Waals surface area contributed by atoms with E-state index in [0.29, 0.717) is 5.69 Å². The van der Waals surface area contributed by atoms with Crippen molar-refractivity contribution in [2.75, 3.05) is 5.32 Å². The average molecular weight is 292 g/mol. The molecule has 1 atom stereocenters. The van der Waals surface area contributed by atoms with Gasteiger partial charge < -0.3 is 5.32 Å². The molecule has 1 aliphatic rings. The molecule has 4 nitrogen and oxygen atoms in total. The first-order valence-corrected chi connectivity index (χ1v) is 7.30. The lowest BCUT2D eigenvalue weighted by molar-refractivity contribution is -0.384. The van der Waals surface area contributed by atoms with Gasteiger partial charge in [-0.05, 0) is 48.4 Å². The molecule has 1 aliphatic carbocycles. The molecule has 6 heteroatoms. The van der Waals surface area contributed by atoms with Crippen LogP contribution in [0.4, 0.5) is 15.8 Å². The SMILES string of the molecule is O=[N+]([O-])c1cc(F)ccc1NC1CCCc2sccc21. The van der Waals surface area contributed by atoms with Gasteiger partial charge in [-0.2, -0.15) is 0 Å². The molecule has 3 rings (SSSR count). The zero-order chi connectivity index (χ0) is 14.1. The molecule has 0 saturated heterocycles. The van der Waals surface area contributed by atoms with Gasteiger partial charge in [0.1, 0.15) is 11.5 Å².